The van der Waals surface area contributed by atoms with E-state index in [2.05, 4.69) is 19.3 Å². The highest BCUT2D eigenvalue weighted by molar-refractivity contribution is 6.10. The van der Waals surface area contributed by atoms with Crippen molar-refractivity contribution in [3.63, 3.8) is 0 Å². The van der Waals surface area contributed by atoms with E-state index in [1.807, 2.05) is 56.3 Å². The smallest absolute Gasteiger partial charge is 0.267 e. The van der Waals surface area contributed by atoms with Gasteiger partial charge < -0.3 is 0 Å². The molecule has 0 radical (unpaired) electrons. The molecular weight excluding hydrogens is 396 g/mol. The summed E-state index contributed by atoms with van der Waals surface area (Å²) in [5, 5.41) is 1.30. The summed E-state index contributed by atoms with van der Waals surface area (Å²) in [5.41, 5.74) is 7.72. The predicted octanol–water partition coefficient (Wildman–Crippen LogP) is 6.40. The first kappa shape index (κ1) is 24.2. The zero-order valence-corrected chi connectivity index (χ0v) is 20.1. The first-order valence-corrected chi connectivity index (χ1v) is 12.2. The van der Waals surface area contributed by atoms with Crippen molar-refractivity contribution in [1.82, 2.24) is 10.4 Å². The third-order valence-electron chi connectivity index (χ3n) is 6.60. The van der Waals surface area contributed by atoms with Crippen LogP contribution in [0.1, 0.15) is 96.2 Å². The Balaban J connectivity index is 1.94. The van der Waals surface area contributed by atoms with Gasteiger partial charge in [-0.25, -0.2) is 10.4 Å². The van der Waals surface area contributed by atoms with Gasteiger partial charge in [-0.1, -0.05) is 68.9 Å². The fourth-order valence-corrected chi connectivity index (χ4v) is 4.87. The van der Waals surface area contributed by atoms with Crippen LogP contribution >= 0.6 is 0 Å². The molecule has 1 fully saturated rings. The SMILES string of the molecule is CCC[C@H](NN(C(=O)c1ccc(CC)cc1)C(=O)c1cc(C)cc(C)c1)C1CCCCC1. The van der Waals surface area contributed by atoms with Crippen LogP contribution in [0.25, 0.3) is 0 Å². The molecular formula is C28H38N2O2. The lowest BCUT2D eigenvalue weighted by molar-refractivity contribution is 0.0444. The van der Waals surface area contributed by atoms with Gasteiger partial charge in [-0.15, -0.1) is 0 Å². The summed E-state index contributed by atoms with van der Waals surface area (Å²) in [4.78, 5) is 27.2. The topological polar surface area (TPSA) is 49.4 Å². The Kier molecular flexibility index (Phi) is 8.63. The van der Waals surface area contributed by atoms with Gasteiger partial charge in [0, 0.05) is 17.2 Å². The zero-order chi connectivity index (χ0) is 23.1. The molecule has 0 saturated heterocycles. The average molecular weight is 435 g/mol. The Bertz CT molecular complexity index is 893. The minimum atomic E-state index is -0.284. The zero-order valence-electron chi connectivity index (χ0n) is 20.1. The summed E-state index contributed by atoms with van der Waals surface area (Å²) in [5.74, 6) is -0.0690. The normalized spacial score (nSPS) is 15.4. The molecule has 0 aliphatic heterocycles. The molecule has 1 atom stereocenters. The van der Waals surface area contributed by atoms with E-state index in [0.29, 0.717) is 17.0 Å². The first-order valence-electron chi connectivity index (χ1n) is 12.2. The Morgan fingerprint density at radius 1 is 0.906 bits per heavy atom. The molecule has 0 bridgehead atoms. The maximum atomic E-state index is 13.7. The van der Waals surface area contributed by atoms with Crippen LogP contribution in [0.2, 0.25) is 0 Å². The number of hydrogen-bond donors (Lipinski definition) is 1. The maximum absolute atomic E-state index is 13.7. The van der Waals surface area contributed by atoms with Crippen molar-refractivity contribution in [1.29, 1.82) is 0 Å². The fraction of sp³-hybridized carbons (Fsp3) is 0.500. The van der Waals surface area contributed by atoms with Crippen LogP contribution in [0.3, 0.4) is 0 Å². The Labute approximate surface area is 193 Å². The largest absolute Gasteiger partial charge is 0.275 e. The molecule has 1 aliphatic rings. The van der Waals surface area contributed by atoms with Crippen molar-refractivity contribution in [2.24, 2.45) is 5.92 Å². The van der Waals surface area contributed by atoms with Gasteiger partial charge >= 0.3 is 0 Å². The molecule has 3 rings (SSSR count). The molecule has 172 valence electrons. The van der Waals surface area contributed by atoms with Gasteiger partial charge in [-0.3, -0.25) is 9.59 Å². The molecule has 0 spiro atoms. The van der Waals surface area contributed by atoms with Crippen LogP contribution in [-0.2, 0) is 6.42 Å². The number of carbonyl (C=O) groups excluding carboxylic acids is 2. The van der Waals surface area contributed by atoms with Crippen LogP contribution in [0.4, 0.5) is 0 Å². The highest BCUT2D eigenvalue weighted by atomic mass is 16.2. The second-order valence-corrected chi connectivity index (χ2v) is 9.29. The molecule has 4 heteroatoms. The lowest BCUT2D eigenvalue weighted by Crippen LogP contribution is -2.54. The maximum Gasteiger partial charge on any atom is 0.275 e. The van der Waals surface area contributed by atoms with Gasteiger partial charge in [0.25, 0.3) is 11.8 Å². The summed E-state index contributed by atoms with van der Waals surface area (Å²) in [6.07, 6.45) is 8.92. The van der Waals surface area contributed by atoms with Gasteiger partial charge in [0.15, 0.2) is 0 Å². The second-order valence-electron chi connectivity index (χ2n) is 9.29. The first-order chi connectivity index (χ1) is 15.4. The minimum absolute atomic E-state index is 0.119. The van der Waals surface area contributed by atoms with Crippen LogP contribution in [0.5, 0.6) is 0 Å². The van der Waals surface area contributed by atoms with E-state index in [1.165, 1.54) is 29.8 Å². The Morgan fingerprint density at radius 3 is 2.06 bits per heavy atom. The van der Waals surface area contributed by atoms with E-state index >= 15 is 0 Å². The van der Waals surface area contributed by atoms with E-state index in [1.54, 1.807) is 0 Å². The highest BCUT2D eigenvalue weighted by Crippen LogP contribution is 2.29. The number of aryl methyl sites for hydroxylation is 3. The summed E-state index contributed by atoms with van der Waals surface area (Å²) >= 11 is 0. The monoisotopic (exact) mass is 434 g/mol. The third kappa shape index (κ3) is 6.07. The van der Waals surface area contributed by atoms with E-state index in [-0.39, 0.29) is 17.9 Å². The molecule has 0 unspecified atom stereocenters. The summed E-state index contributed by atoms with van der Waals surface area (Å²) in [6, 6.07) is 13.5. The van der Waals surface area contributed by atoms with Gasteiger partial charge in [-0.2, -0.15) is 0 Å². The van der Waals surface area contributed by atoms with E-state index < -0.39 is 0 Å². The molecule has 2 aromatic rings. The van der Waals surface area contributed by atoms with E-state index in [9.17, 15) is 9.59 Å². The molecule has 1 saturated carbocycles. The summed E-state index contributed by atoms with van der Waals surface area (Å²) in [6.45, 7) is 8.22. The van der Waals surface area contributed by atoms with Crippen molar-refractivity contribution in [3.8, 4) is 0 Å². The molecule has 4 nitrogen and oxygen atoms in total. The predicted molar refractivity (Wildman–Crippen MR) is 131 cm³/mol. The van der Waals surface area contributed by atoms with Crippen LogP contribution in [-0.4, -0.2) is 22.9 Å². The minimum Gasteiger partial charge on any atom is -0.267 e. The number of nitrogens with zero attached hydrogens (tertiary/aromatic N) is 1. The number of hydrogen-bond acceptors (Lipinski definition) is 3. The molecule has 2 aromatic carbocycles. The van der Waals surface area contributed by atoms with Crippen LogP contribution < -0.4 is 5.43 Å². The molecule has 1 N–H and O–H groups in total. The number of carbonyl (C=O) groups is 2. The molecule has 0 heterocycles. The molecule has 2 amide bonds. The number of hydrazine groups is 1. The Morgan fingerprint density at radius 2 is 1.50 bits per heavy atom. The lowest BCUT2D eigenvalue weighted by atomic mass is 9.82. The number of benzene rings is 2. The molecule has 32 heavy (non-hydrogen) atoms. The number of imide groups is 1. The standard InChI is InChI=1S/C28H38N2O2/c1-5-10-26(23-11-8-7-9-12-23)29-30(27(31)24-15-13-22(6-2)14-16-24)28(32)25-18-20(3)17-21(4)19-25/h13-19,23,26,29H,5-12H2,1-4H3/t26-/m0/s1. The summed E-state index contributed by atoms with van der Waals surface area (Å²) < 4.78 is 0. The fourth-order valence-electron chi connectivity index (χ4n) is 4.87. The van der Waals surface area contributed by atoms with Crippen LogP contribution in [0.15, 0.2) is 42.5 Å². The van der Waals surface area contributed by atoms with Gasteiger partial charge in [0.05, 0.1) is 0 Å². The highest BCUT2D eigenvalue weighted by Gasteiger charge is 2.31. The lowest BCUT2D eigenvalue weighted by Gasteiger charge is -2.35. The third-order valence-corrected chi connectivity index (χ3v) is 6.60. The van der Waals surface area contributed by atoms with Gasteiger partial charge in [-0.05, 0) is 75.3 Å². The molecule has 1 aliphatic carbocycles. The number of rotatable bonds is 8. The van der Waals surface area contributed by atoms with E-state index in [4.69, 9.17) is 0 Å². The number of nitrogens with one attached hydrogen (secondary N) is 1. The van der Waals surface area contributed by atoms with Crippen molar-refractivity contribution in [3.05, 3.63) is 70.3 Å². The quantitative estimate of drug-likeness (QED) is 0.386. The summed E-state index contributed by atoms with van der Waals surface area (Å²) in [7, 11) is 0. The number of amides is 2. The van der Waals surface area contributed by atoms with Gasteiger partial charge in [0.1, 0.15) is 0 Å². The van der Waals surface area contributed by atoms with Crippen molar-refractivity contribution in [2.45, 2.75) is 85.1 Å². The average Bonchev–Trinajstić information content (AvgIpc) is 2.81. The molecule has 0 aromatic heterocycles. The second kappa shape index (κ2) is 11.4. The van der Waals surface area contributed by atoms with Gasteiger partial charge in [0.2, 0.25) is 0 Å². The van der Waals surface area contributed by atoms with Crippen molar-refractivity contribution < 1.29 is 9.59 Å². The Hall–Kier alpha value is -2.46. The van der Waals surface area contributed by atoms with Crippen LogP contribution in [0, 0.1) is 19.8 Å². The van der Waals surface area contributed by atoms with Crippen molar-refractivity contribution in [2.75, 3.05) is 0 Å². The van der Waals surface area contributed by atoms with Crippen molar-refractivity contribution >= 4 is 11.8 Å². The van der Waals surface area contributed by atoms with E-state index in [0.717, 1.165) is 43.2 Å².